The highest BCUT2D eigenvalue weighted by molar-refractivity contribution is 6.23. The van der Waals surface area contributed by atoms with Crippen molar-refractivity contribution >= 4 is 43.6 Å². The molecule has 0 amide bonds. The highest BCUT2D eigenvalue weighted by atomic mass is 15.2. The average molecular weight is 735 g/mol. The number of hydrogen-bond donors (Lipinski definition) is 0. The van der Waals surface area contributed by atoms with Crippen LogP contribution in [0.4, 0.5) is 0 Å². The molecular formula is C51H33N5. The van der Waals surface area contributed by atoms with Gasteiger partial charge in [0.1, 0.15) is 0 Å². The van der Waals surface area contributed by atoms with Gasteiger partial charge in [-0.2, -0.15) is 9.97 Å². The summed E-state index contributed by atoms with van der Waals surface area (Å²) >= 11 is 0. The molecule has 0 aliphatic rings. The van der Waals surface area contributed by atoms with Crippen LogP contribution in [0.5, 0.6) is 0 Å². The Balaban J connectivity index is 1.40. The van der Waals surface area contributed by atoms with E-state index in [1.54, 1.807) is 42.5 Å². The number of benzene rings is 8. The number of aromatic nitrogens is 5. The van der Waals surface area contributed by atoms with E-state index in [1.165, 1.54) is 4.57 Å². The van der Waals surface area contributed by atoms with Crippen molar-refractivity contribution < 1.29 is 26.0 Å². The normalized spacial score (nSPS) is 16.3. The van der Waals surface area contributed by atoms with E-state index in [-0.39, 0.29) is 39.4 Å². The minimum absolute atomic E-state index is 0.0592. The van der Waals surface area contributed by atoms with Crippen molar-refractivity contribution in [2.24, 2.45) is 0 Å². The van der Waals surface area contributed by atoms with E-state index < -0.39 is 153 Å². The van der Waals surface area contributed by atoms with Gasteiger partial charge in [0.05, 0.1) is 48.1 Å². The monoisotopic (exact) mass is 734 g/mol. The van der Waals surface area contributed by atoms with Crippen LogP contribution in [-0.4, -0.2) is 24.1 Å². The minimum Gasteiger partial charge on any atom is -0.307 e. The Hall–Kier alpha value is -7.63. The molecule has 0 spiro atoms. The van der Waals surface area contributed by atoms with Crippen LogP contribution >= 0.6 is 0 Å². The van der Waals surface area contributed by atoms with Gasteiger partial charge in [-0.3, -0.25) is 4.57 Å². The van der Waals surface area contributed by atoms with E-state index >= 15 is 0 Å². The lowest BCUT2D eigenvalue weighted by atomic mass is 10.0. The Morgan fingerprint density at radius 2 is 0.857 bits per heavy atom. The Morgan fingerprint density at radius 3 is 1.52 bits per heavy atom. The third-order valence-corrected chi connectivity index (χ3v) is 9.43. The molecule has 0 bridgehead atoms. The first-order valence-electron chi connectivity index (χ1n) is 26.8. The zero-order chi connectivity index (χ0) is 53.5. The fourth-order valence-corrected chi connectivity index (χ4v) is 6.93. The SMILES string of the molecule is [2H]c1c([2H])c([2H])c(-c2c([2H])c([2H])c([2H])c(-n3c4c([2H])c([2H])c([2H])c([2H])c4c4c([2H])c([2H])c5c6c([2H])c([2H])c([2H])c([2H])c6n(-c6nc(-c7ccccc7)nc(-c7ccc(-c8ccccc8)cc7)n6)c5c43)c2[2H])c([2H])c1[2H]. The van der Waals surface area contributed by atoms with Crippen molar-refractivity contribution in [1.29, 1.82) is 0 Å². The summed E-state index contributed by atoms with van der Waals surface area (Å²) in [5.74, 6) is -0.206. The van der Waals surface area contributed by atoms with Crippen molar-refractivity contribution in [3.63, 3.8) is 0 Å². The summed E-state index contributed by atoms with van der Waals surface area (Å²) in [7, 11) is 0. The lowest BCUT2D eigenvalue weighted by Gasteiger charge is -2.14. The fraction of sp³-hybridized carbons (Fsp3) is 0. The molecule has 0 fully saturated rings. The van der Waals surface area contributed by atoms with Crippen molar-refractivity contribution in [3.05, 3.63) is 200 Å². The molecule has 56 heavy (non-hydrogen) atoms. The maximum atomic E-state index is 9.86. The molecule has 0 saturated heterocycles. The third kappa shape index (κ3) is 5.21. The number of rotatable bonds is 6. The zero-order valence-electron chi connectivity index (χ0n) is 47.8. The van der Waals surface area contributed by atoms with Gasteiger partial charge in [-0.05, 0) is 46.4 Å². The second-order valence-electron chi connectivity index (χ2n) is 12.6. The van der Waals surface area contributed by atoms with E-state index in [0.29, 0.717) is 11.1 Å². The molecular weight excluding hydrogens is 683 g/mol. The number of para-hydroxylation sites is 2. The summed E-state index contributed by atoms with van der Waals surface area (Å²) in [5, 5.41) is -1.47. The molecule has 0 radical (unpaired) electrons. The minimum atomic E-state index is -0.939. The first-order valence-corrected chi connectivity index (χ1v) is 17.3. The topological polar surface area (TPSA) is 48.5 Å². The fourth-order valence-electron chi connectivity index (χ4n) is 6.93. The number of fused-ring (bicyclic) bond motifs is 7. The molecule has 5 nitrogen and oxygen atoms in total. The van der Waals surface area contributed by atoms with Gasteiger partial charge in [0.2, 0.25) is 5.95 Å². The van der Waals surface area contributed by atoms with E-state index in [2.05, 4.69) is 0 Å². The Kier molecular flexibility index (Phi) is 4.22. The summed E-state index contributed by atoms with van der Waals surface area (Å²) in [6.45, 7) is 0. The number of hydrogen-bond acceptors (Lipinski definition) is 3. The maximum absolute atomic E-state index is 9.86. The van der Waals surface area contributed by atoms with E-state index in [9.17, 15) is 11.0 Å². The highest BCUT2D eigenvalue weighted by Gasteiger charge is 2.23. The summed E-state index contributed by atoms with van der Waals surface area (Å²) in [4.78, 5) is 14.7. The second-order valence-corrected chi connectivity index (χ2v) is 12.6. The van der Waals surface area contributed by atoms with Gasteiger partial charge in [-0.15, -0.1) is 0 Å². The maximum Gasteiger partial charge on any atom is 0.238 e. The lowest BCUT2D eigenvalue weighted by Crippen LogP contribution is -2.07. The Morgan fingerprint density at radius 1 is 0.357 bits per heavy atom. The van der Waals surface area contributed by atoms with Gasteiger partial charge in [-0.25, -0.2) is 4.98 Å². The second kappa shape index (κ2) is 13.0. The Bertz CT molecular complexity index is 4300. The van der Waals surface area contributed by atoms with Crippen LogP contribution in [0.1, 0.15) is 26.0 Å². The molecule has 3 aromatic heterocycles. The molecule has 0 unspecified atom stereocenters. The predicted molar refractivity (Wildman–Crippen MR) is 230 cm³/mol. The first kappa shape index (κ1) is 18.1. The molecule has 0 N–H and O–H groups in total. The van der Waals surface area contributed by atoms with Gasteiger partial charge in [0.15, 0.2) is 11.6 Å². The van der Waals surface area contributed by atoms with Crippen LogP contribution in [0.15, 0.2) is 200 Å². The number of nitrogens with zero attached hydrogens (tertiary/aromatic N) is 5. The molecule has 11 aromatic rings. The molecule has 5 heteroatoms. The summed E-state index contributed by atoms with van der Waals surface area (Å²) in [6.07, 6.45) is 0. The first-order chi connectivity index (χ1) is 35.7. The van der Waals surface area contributed by atoms with Crippen LogP contribution in [0.2, 0.25) is 0 Å². The molecule has 0 atom stereocenters. The predicted octanol–water partition coefficient (Wildman–Crippen LogP) is 12.7. The van der Waals surface area contributed by atoms with Crippen molar-refractivity contribution in [1.82, 2.24) is 24.1 Å². The standard InChI is InChI=1S/C51H33N5/c1-4-15-34(16-5-1)36-27-29-38(30-28-36)50-52-49(37-19-8-3-9-20-37)53-51(54-50)56-46-26-13-11-24-42(46)44-32-31-43-41-23-10-12-25-45(41)55(47(43)48(44)56)40-22-14-21-39(33-40)35-17-6-2-7-18-35/h1-33H/i2D,6D,7D,10D,11D,12D,13D,14D,17D,18D,21D,22D,23D,24D,25D,26D,31D,32D,33D. The van der Waals surface area contributed by atoms with Gasteiger partial charge in [0, 0.05) is 38.4 Å². The van der Waals surface area contributed by atoms with Crippen LogP contribution in [-0.2, 0) is 0 Å². The van der Waals surface area contributed by atoms with Gasteiger partial charge < -0.3 is 4.57 Å². The average Bonchev–Trinajstić information content (AvgIpc) is 3.97. The third-order valence-electron chi connectivity index (χ3n) is 9.43. The molecule has 0 aliphatic carbocycles. The molecule has 3 heterocycles. The van der Waals surface area contributed by atoms with Crippen LogP contribution in [0, 0.1) is 0 Å². The van der Waals surface area contributed by atoms with Crippen molar-refractivity contribution in [2.75, 3.05) is 0 Å². The van der Waals surface area contributed by atoms with Gasteiger partial charge >= 0.3 is 0 Å². The molecule has 11 rings (SSSR count). The smallest absolute Gasteiger partial charge is 0.238 e. The lowest BCUT2D eigenvalue weighted by molar-refractivity contribution is 0.953. The van der Waals surface area contributed by atoms with Crippen LogP contribution in [0.3, 0.4) is 0 Å². The van der Waals surface area contributed by atoms with Crippen LogP contribution < -0.4 is 0 Å². The summed E-state index contributed by atoms with van der Waals surface area (Å²) in [5.41, 5.74) is -0.969. The molecule has 0 saturated carbocycles. The quantitative estimate of drug-likeness (QED) is 0.171. The Labute approximate surface area is 350 Å². The van der Waals surface area contributed by atoms with E-state index in [4.69, 9.17) is 30.0 Å². The van der Waals surface area contributed by atoms with Gasteiger partial charge in [0.25, 0.3) is 0 Å². The highest BCUT2D eigenvalue weighted by Crippen LogP contribution is 2.42. The molecule has 0 aliphatic heterocycles. The largest absolute Gasteiger partial charge is 0.307 e. The van der Waals surface area contributed by atoms with Crippen molar-refractivity contribution in [3.8, 4) is 56.7 Å². The van der Waals surface area contributed by atoms with Crippen LogP contribution in [0.25, 0.3) is 100 Å². The summed E-state index contributed by atoms with van der Waals surface area (Å²) in [6, 6.07) is 10.3. The summed E-state index contributed by atoms with van der Waals surface area (Å²) < 4.78 is 175. The molecule has 8 aromatic carbocycles. The van der Waals surface area contributed by atoms with Crippen molar-refractivity contribution in [2.45, 2.75) is 0 Å². The van der Waals surface area contributed by atoms with E-state index in [1.807, 2.05) is 42.5 Å². The zero-order valence-corrected chi connectivity index (χ0v) is 28.8. The molecule has 262 valence electrons. The van der Waals surface area contributed by atoms with Gasteiger partial charge in [-0.1, -0.05) is 176 Å². The van der Waals surface area contributed by atoms with E-state index in [0.717, 1.165) is 15.7 Å².